The maximum absolute atomic E-state index is 12.4. The van der Waals surface area contributed by atoms with Crippen LogP contribution in [0.1, 0.15) is 36.0 Å². The minimum Gasteiger partial charge on any atom is -0.399 e. The molecule has 6 heteroatoms. The zero-order chi connectivity index (χ0) is 19.3. The first kappa shape index (κ1) is 18.0. The average molecular weight is 373 g/mol. The van der Waals surface area contributed by atoms with Crippen LogP contribution in [-0.4, -0.2) is 21.9 Å². The molecule has 0 bridgehead atoms. The molecule has 1 heterocycles. The van der Waals surface area contributed by atoms with Crippen molar-refractivity contribution in [1.29, 1.82) is 0 Å². The van der Waals surface area contributed by atoms with Crippen LogP contribution < -0.4 is 16.4 Å². The molecular weight excluding hydrogens is 350 g/mol. The number of nitrogens with zero attached hydrogens (tertiary/aromatic N) is 2. The lowest BCUT2D eigenvalue weighted by Crippen LogP contribution is -2.32. The van der Waals surface area contributed by atoms with Crippen LogP contribution in [0.25, 0.3) is 11.3 Å². The van der Waals surface area contributed by atoms with Crippen LogP contribution in [0.5, 0.6) is 0 Å². The van der Waals surface area contributed by atoms with Gasteiger partial charge in [0.15, 0.2) is 0 Å². The highest BCUT2D eigenvalue weighted by molar-refractivity contribution is 5.94. The van der Waals surface area contributed by atoms with E-state index in [1.54, 1.807) is 0 Å². The number of carbonyl (C=O) groups is 1. The second kappa shape index (κ2) is 8.08. The van der Waals surface area contributed by atoms with Gasteiger partial charge in [0.1, 0.15) is 12.1 Å². The number of amides is 1. The van der Waals surface area contributed by atoms with Gasteiger partial charge in [-0.05, 0) is 49.2 Å². The van der Waals surface area contributed by atoms with E-state index in [4.69, 9.17) is 5.73 Å². The number of benzene rings is 2. The van der Waals surface area contributed by atoms with Gasteiger partial charge in [-0.2, -0.15) is 0 Å². The van der Waals surface area contributed by atoms with Gasteiger partial charge in [0.25, 0.3) is 5.91 Å². The molecular formula is C22H23N5O. The van der Waals surface area contributed by atoms with Crippen LogP contribution in [0.2, 0.25) is 0 Å². The normalized spacial score (nSPS) is 14.0. The second-order valence-electron chi connectivity index (χ2n) is 7.07. The fourth-order valence-corrected chi connectivity index (χ4v) is 3.43. The quantitative estimate of drug-likeness (QED) is 0.585. The van der Waals surface area contributed by atoms with Crippen molar-refractivity contribution in [2.75, 3.05) is 11.1 Å². The lowest BCUT2D eigenvalue weighted by molar-refractivity contribution is 0.0938. The molecule has 1 aliphatic rings. The zero-order valence-electron chi connectivity index (χ0n) is 15.6. The van der Waals surface area contributed by atoms with Crippen LogP contribution in [0.3, 0.4) is 0 Å². The summed E-state index contributed by atoms with van der Waals surface area (Å²) in [6.45, 7) is 0. The minimum atomic E-state index is -0.00755. The van der Waals surface area contributed by atoms with E-state index in [2.05, 4.69) is 20.6 Å². The van der Waals surface area contributed by atoms with Crippen molar-refractivity contribution in [3.8, 4) is 11.3 Å². The summed E-state index contributed by atoms with van der Waals surface area (Å²) in [5.41, 5.74) is 9.72. The highest BCUT2D eigenvalue weighted by Gasteiger charge is 2.17. The Morgan fingerprint density at radius 1 is 0.964 bits per heavy atom. The highest BCUT2D eigenvalue weighted by Crippen LogP contribution is 2.23. The number of nitrogens with one attached hydrogen (secondary N) is 2. The zero-order valence-corrected chi connectivity index (χ0v) is 15.6. The number of nitrogens with two attached hydrogens (primary N) is 1. The summed E-state index contributed by atoms with van der Waals surface area (Å²) in [7, 11) is 0. The Hall–Kier alpha value is -3.41. The third kappa shape index (κ3) is 4.28. The SMILES string of the molecule is Nc1ccc(Nc2cc(-c3ccc(C(=O)NC4CCCC4)cc3)ncn2)cc1. The van der Waals surface area contributed by atoms with E-state index in [1.807, 2.05) is 54.6 Å². The number of rotatable bonds is 5. The first-order valence-corrected chi connectivity index (χ1v) is 9.53. The number of nitrogen functional groups attached to an aromatic ring is 1. The summed E-state index contributed by atoms with van der Waals surface area (Å²) in [6.07, 6.45) is 6.08. The molecule has 0 saturated heterocycles. The van der Waals surface area contributed by atoms with Gasteiger partial charge in [0.2, 0.25) is 0 Å². The maximum atomic E-state index is 12.4. The van der Waals surface area contributed by atoms with E-state index in [9.17, 15) is 4.79 Å². The summed E-state index contributed by atoms with van der Waals surface area (Å²) in [6, 6.07) is 17.2. The molecule has 1 amide bonds. The van der Waals surface area contributed by atoms with E-state index in [0.717, 1.165) is 29.8 Å². The molecule has 1 aromatic heterocycles. The highest BCUT2D eigenvalue weighted by atomic mass is 16.1. The molecule has 142 valence electrons. The molecule has 28 heavy (non-hydrogen) atoms. The molecule has 0 unspecified atom stereocenters. The minimum absolute atomic E-state index is 0.00755. The van der Waals surface area contributed by atoms with Gasteiger partial charge in [-0.25, -0.2) is 9.97 Å². The van der Waals surface area contributed by atoms with Crippen molar-refractivity contribution >= 4 is 23.1 Å². The first-order valence-electron chi connectivity index (χ1n) is 9.53. The van der Waals surface area contributed by atoms with Gasteiger partial charge < -0.3 is 16.4 Å². The maximum Gasteiger partial charge on any atom is 0.251 e. The van der Waals surface area contributed by atoms with Crippen LogP contribution in [0.4, 0.5) is 17.2 Å². The number of hydrogen-bond acceptors (Lipinski definition) is 5. The Morgan fingerprint density at radius 2 is 1.68 bits per heavy atom. The Morgan fingerprint density at radius 3 is 2.39 bits per heavy atom. The number of hydrogen-bond donors (Lipinski definition) is 3. The summed E-state index contributed by atoms with van der Waals surface area (Å²) in [4.78, 5) is 21.0. The molecule has 0 spiro atoms. The molecule has 1 fully saturated rings. The van der Waals surface area contributed by atoms with Gasteiger partial charge in [-0.15, -0.1) is 0 Å². The van der Waals surface area contributed by atoms with Gasteiger partial charge in [0, 0.05) is 34.6 Å². The average Bonchev–Trinajstić information content (AvgIpc) is 3.23. The fraction of sp³-hybridized carbons (Fsp3) is 0.227. The number of carbonyl (C=O) groups excluding carboxylic acids is 1. The Kier molecular flexibility index (Phi) is 5.19. The van der Waals surface area contributed by atoms with Crippen LogP contribution in [0.15, 0.2) is 60.9 Å². The van der Waals surface area contributed by atoms with Crippen molar-refractivity contribution < 1.29 is 4.79 Å². The van der Waals surface area contributed by atoms with E-state index >= 15 is 0 Å². The predicted molar refractivity (Wildman–Crippen MR) is 111 cm³/mol. The van der Waals surface area contributed by atoms with Crippen molar-refractivity contribution in [3.63, 3.8) is 0 Å². The molecule has 2 aromatic carbocycles. The van der Waals surface area contributed by atoms with Crippen molar-refractivity contribution in [2.45, 2.75) is 31.7 Å². The Labute approximate surface area is 164 Å². The molecule has 0 radical (unpaired) electrons. The van der Waals surface area contributed by atoms with E-state index in [0.29, 0.717) is 23.1 Å². The molecule has 4 N–H and O–H groups in total. The molecule has 1 aliphatic carbocycles. The van der Waals surface area contributed by atoms with Crippen LogP contribution in [-0.2, 0) is 0 Å². The lowest BCUT2D eigenvalue weighted by Gasteiger charge is -2.12. The van der Waals surface area contributed by atoms with Gasteiger partial charge >= 0.3 is 0 Å². The molecule has 6 nitrogen and oxygen atoms in total. The van der Waals surface area contributed by atoms with Crippen LogP contribution in [0, 0.1) is 0 Å². The summed E-state index contributed by atoms with van der Waals surface area (Å²) in [5.74, 6) is 0.685. The third-order valence-electron chi connectivity index (χ3n) is 4.98. The van der Waals surface area contributed by atoms with E-state index in [1.165, 1.54) is 19.2 Å². The second-order valence-corrected chi connectivity index (χ2v) is 7.07. The fourth-order valence-electron chi connectivity index (χ4n) is 3.43. The standard InChI is InChI=1S/C22H23N5O/c23-17-9-11-19(12-10-17)26-21-13-20(24-14-25-21)15-5-7-16(8-6-15)22(28)27-18-3-1-2-4-18/h5-14,18H,1-4,23H2,(H,27,28)(H,24,25,26). The van der Waals surface area contributed by atoms with E-state index < -0.39 is 0 Å². The van der Waals surface area contributed by atoms with Gasteiger partial charge in [0.05, 0.1) is 5.69 Å². The number of aromatic nitrogens is 2. The van der Waals surface area contributed by atoms with Crippen molar-refractivity contribution in [2.24, 2.45) is 0 Å². The summed E-state index contributed by atoms with van der Waals surface area (Å²) in [5, 5.41) is 6.35. The predicted octanol–water partition coefficient (Wildman–Crippen LogP) is 4.14. The van der Waals surface area contributed by atoms with Crippen LogP contribution >= 0.6 is 0 Å². The first-order chi connectivity index (χ1) is 13.7. The largest absolute Gasteiger partial charge is 0.399 e. The third-order valence-corrected chi connectivity index (χ3v) is 4.98. The van der Waals surface area contributed by atoms with Gasteiger partial charge in [-0.1, -0.05) is 25.0 Å². The molecule has 3 aromatic rings. The van der Waals surface area contributed by atoms with Crippen molar-refractivity contribution in [1.82, 2.24) is 15.3 Å². The summed E-state index contributed by atoms with van der Waals surface area (Å²) < 4.78 is 0. The topological polar surface area (TPSA) is 92.9 Å². The molecule has 0 atom stereocenters. The number of anilines is 3. The lowest BCUT2D eigenvalue weighted by atomic mass is 10.1. The summed E-state index contributed by atoms with van der Waals surface area (Å²) >= 11 is 0. The Bertz CT molecular complexity index is 947. The van der Waals surface area contributed by atoms with Gasteiger partial charge in [-0.3, -0.25) is 4.79 Å². The van der Waals surface area contributed by atoms with Crippen molar-refractivity contribution in [3.05, 3.63) is 66.5 Å². The molecule has 0 aliphatic heterocycles. The monoisotopic (exact) mass is 373 g/mol. The molecule has 4 rings (SSSR count). The smallest absolute Gasteiger partial charge is 0.251 e. The Balaban J connectivity index is 1.46. The molecule has 1 saturated carbocycles. The van der Waals surface area contributed by atoms with E-state index in [-0.39, 0.29) is 5.91 Å².